The van der Waals surface area contributed by atoms with Crippen LogP contribution in [0.25, 0.3) is 0 Å². The molecule has 0 bridgehead atoms. The van der Waals surface area contributed by atoms with Crippen LogP contribution in [0.3, 0.4) is 0 Å². The van der Waals surface area contributed by atoms with Crippen molar-refractivity contribution >= 4 is 11.9 Å². The van der Waals surface area contributed by atoms with Crippen molar-refractivity contribution in [3.8, 4) is 0 Å². The Morgan fingerprint density at radius 3 is 1.85 bits per heavy atom. The predicted molar refractivity (Wildman–Crippen MR) is 104 cm³/mol. The van der Waals surface area contributed by atoms with Gasteiger partial charge in [0.15, 0.2) is 0 Å². The Morgan fingerprint density at radius 1 is 0.889 bits per heavy atom. The minimum absolute atomic E-state index is 0.136. The lowest BCUT2D eigenvalue weighted by molar-refractivity contribution is -0.165. The van der Waals surface area contributed by atoms with Crippen LogP contribution in [0.1, 0.15) is 37.3 Å². The molecule has 2 aromatic rings. The highest BCUT2D eigenvalue weighted by molar-refractivity contribution is 6.06. The Morgan fingerprint density at radius 2 is 1.37 bits per heavy atom. The van der Waals surface area contributed by atoms with E-state index in [4.69, 9.17) is 15.2 Å². The summed E-state index contributed by atoms with van der Waals surface area (Å²) in [5.74, 6) is -2.09. The zero-order chi connectivity index (χ0) is 19.7. The van der Waals surface area contributed by atoms with E-state index in [1.807, 2.05) is 60.7 Å². The smallest absolute Gasteiger partial charge is 0.338 e. The molecule has 5 heteroatoms. The fourth-order valence-corrected chi connectivity index (χ4v) is 3.17. The van der Waals surface area contributed by atoms with Gasteiger partial charge in [0, 0.05) is 5.92 Å². The first-order chi connectivity index (χ1) is 13.0. The normalized spacial score (nSPS) is 12.3. The van der Waals surface area contributed by atoms with Crippen molar-refractivity contribution in [1.82, 2.24) is 0 Å². The average molecular weight is 369 g/mol. The molecule has 144 valence electrons. The fraction of sp³-hybridized carbons (Fsp3) is 0.364. The molecule has 0 saturated carbocycles. The summed E-state index contributed by atoms with van der Waals surface area (Å²) in [5, 5.41) is 0. The van der Waals surface area contributed by atoms with E-state index in [0.29, 0.717) is 12.8 Å². The van der Waals surface area contributed by atoms with Crippen LogP contribution < -0.4 is 5.73 Å². The van der Waals surface area contributed by atoms with E-state index in [2.05, 4.69) is 0 Å². The number of ether oxygens (including phenoxy) is 2. The van der Waals surface area contributed by atoms with Crippen LogP contribution in [0.15, 0.2) is 60.7 Å². The Labute approximate surface area is 160 Å². The molecule has 1 atom stereocenters. The summed E-state index contributed by atoms with van der Waals surface area (Å²) >= 11 is 0. The highest BCUT2D eigenvalue weighted by Crippen LogP contribution is 2.33. The molecule has 0 aliphatic heterocycles. The molecular weight excluding hydrogens is 342 g/mol. The van der Waals surface area contributed by atoms with Crippen LogP contribution >= 0.6 is 0 Å². The van der Waals surface area contributed by atoms with Crippen LogP contribution in [0.2, 0.25) is 0 Å². The summed E-state index contributed by atoms with van der Waals surface area (Å²) in [5.41, 5.74) is 6.46. The molecular formula is C22H27NO4. The standard InChI is InChI=1S/C22H27NO4/c1-3-26-20(24)22(23,21(25)27-4-2)19(18-13-9-6-10-14-18)16-15-17-11-7-5-8-12-17/h5-14,19H,3-4,15-16,23H2,1-2H3. The summed E-state index contributed by atoms with van der Waals surface area (Å²) in [4.78, 5) is 25.5. The van der Waals surface area contributed by atoms with E-state index >= 15 is 0 Å². The molecule has 5 nitrogen and oxygen atoms in total. The zero-order valence-electron chi connectivity index (χ0n) is 15.9. The first-order valence-electron chi connectivity index (χ1n) is 9.26. The van der Waals surface area contributed by atoms with Crippen molar-refractivity contribution in [2.45, 2.75) is 38.1 Å². The molecule has 0 aliphatic carbocycles. The van der Waals surface area contributed by atoms with Gasteiger partial charge < -0.3 is 15.2 Å². The third-order valence-corrected chi connectivity index (χ3v) is 4.54. The van der Waals surface area contributed by atoms with E-state index in [1.165, 1.54) is 0 Å². The molecule has 2 N–H and O–H groups in total. The van der Waals surface area contributed by atoms with Gasteiger partial charge in [-0.2, -0.15) is 0 Å². The largest absolute Gasteiger partial charge is 0.464 e. The van der Waals surface area contributed by atoms with Gasteiger partial charge in [0.1, 0.15) is 0 Å². The number of nitrogens with two attached hydrogens (primary N) is 1. The second kappa shape index (κ2) is 9.88. The molecule has 0 spiro atoms. The SMILES string of the molecule is CCOC(=O)C(N)(C(=O)OCC)C(CCc1ccccc1)c1ccccc1. The van der Waals surface area contributed by atoms with Crippen LogP contribution in [-0.4, -0.2) is 30.7 Å². The maximum absolute atomic E-state index is 12.8. The van der Waals surface area contributed by atoms with E-state index in [1.54, 1.807) is 13.8 Å². The van der Waals surface area contributed by atoms with Crippen molar-refractivity contribution in [2.24, 2.45) is 5.73 Å². The number of carbonyl (C=O) groups is 2. The quantitative estimate of drug-likeness (QED) is 0.542. The fourth-order valence-electron chi connectivity index (χ4n) is 3.17. The zero-order valence-corrected chi connectivity index (χ0v) is 15.9. The van der Waals surface area contributed by atoms with Gasteiger partial charge in [0.2, 0.25) is 5.54 Å². The van der Waals surface area contributed by atoms with Gasteiger partial charge >= 0.3 is 11.9 Å². The first-order valence-corrected chi connectivity index (χ1v) is 9.26. The van der Waals surface area contributed by atoms with Crippen LogP contribution in [-0.2, 0) is 25.5 Å². The third-order valence-electron chi connectivity index (χ3n) is 4.54. The maximum atomic E-state index is 12.8. The van der Waals surface area contributed by atoms with E-state index in [0.717, 1.165) is 11.1 Å². The maximum Gasteiger partial charge on any atom is 0.338 e. The van der Waals surface area contributed by atoms with Gasteiger partial charge in [-0.25, -0.2) is 9.59 Å². The van der Waals surface area contributed by atoms with Crippen molar-refractivity contribution in [3.63, 3.8) is 0 Å². The molecule has 2 rings (SSSR count). The van der Waals surface area contributed by atoms with Crippen molar-refractivity contribution in [2.75, 3.05) is 13.2 Å². The number of esters is 2. The molecule has 27 heavy (non-hydrogen) atoms. The van der Waals surface area contributed by atoms with Crippen LogP contribution in [0, 0.1) is 0 Å². The van der Waals surface area contributed by atoms with Gasteiger partial charge in [-0.1, -0.05) is 60.7 Å². The van der Waals surface area contributed by atoms with Crippen LogP contribution in [0.4, 0.5) is 0 Å². The summed E-state index contributed by atoms with van der Waals surface area (Å²) < 4.78 is 10.3. The Bertz CT molecular complexity index is 712. The van der Waals surface area contributed by atoms with Crippen molar-refractivity contribution in [1.29, 1.82) is 0 Å². The second-order valence-electron chi connectivity index (χ2n) is 6.30. The second-order valence-corrected chi connectivity index (χ2v) is 6.30. The minimum atomic E-state index is -1.90. The number of hydrogen-bond acceptors (Lipinski definition) is 5. The number of benzene rings is 2. The summed E-state index contributed by atoms with van der Waals surface area (Å²) in [6.45, 7) is 3.64. The molecule has 1 unspecified atom stereocenters. The number of rotatable bonds is 9. The Hall–Kier alpha value is -2.66. The summed E-state index contributed by atoms with van der Waals surface area (Å²) in [6.07, 6.45) is 1.17. The number of carbonyl (C=O) groups excluding carboxylic acids is 2. The van der Waals surface area contributed by atoms with Gasteiger partial charge in [-0.05, 0) is 37.8 Å². The molecule has 0 saturated heterocycles. The minimum Gasteiger partial charge on any atom is -0.464 e. The predicted octanol–water partition coefficient (Wildman–Crippen LogP) is 3.23. The monoisotopic (exact) mass is 369 g/mol. The molecule has 0 amide bonds. The van der Waals surface area contributed by atoms with Gasteiger partial charge in [0.25, 0.3) is 0 Å². The van der Waals surface area contributed by atoms with Gasteiger partial charge in [-0.15, -0.1) is 0 Å². The first kappa shape index (κ1) is 20.6. The lowest BCUT2D eigenvalue weighted by Gasteiger charge is -2.33. The van der Waals surface area contributed by atoms with E-state index in [9.17, 15) is 9.59 Å². The molecule has 0 radical (unpaired) electrons. The number of aryl methyl sites for hydroxylation is 1. The van der Waals surface area contributed by atoms with E-state index < -0.39 is 23.4 Å². The molecule has 0 fully saturated rings. The topological polar surface area (TPSA) is 78.6 Å². The molecule has 0 heterocycles. The molecule has 0 aromatic heterocycles. The van der Waals surface area contributed by atoms with Crippen molar-refractivity contribution in [3.05, 3.63) is 71.8 Å². The van der Waals surface area contributed by atoms with Crippen LogP contribution in [0.5, 0.6) is 0 Å². The highest BCUT2D eigenvalue weighted by Gasteiger charge is 2.52. The molecule has 0 aliphatic rings. The Balaban J connectivity index is 2.42. The van der Waals surface area contributed by atoms with E-state index in [-0.39, 0.29) is 13.2 Å². The summed E-state index contributed by atoms with van der Waals surface area (Å²) in [6, 6.07) is 19.2. The van der Waals surface area contributed by atoms with Gasteiger partial charge in [-0.3, -0.25) is 0 Å². The van der Waals surface area contributed by atoms with Gasteiger partial charge in [0.05, 0.1) is 13.2 Å². The average Bonchev–Trinajstić information content (AvgIpc) is 2.69. The lowest BCUT2D eigenvalue weighted by atomic mass is 9.76. The lowest BCUT2D eigenvalue weighted by Crippen LogP contribution is -2.60. The highest BCUT2D eigenvalue weighted by atomic mass is 16.6. The summed E-state index contributed by atoms with van der Waals surface area (Å²) in [7, 11) is 0. The molecule has 2 aromatic carbocycles. The van der Waals surface area contributed by atoms with Crippen molar-refractivity contribution < 1.29 is 19.1 Å². The Kier molecular flexibility index (Phi) is 7.55. The number of hydrogen-bond donors (Lipinski definition) is 1. The third kappa shape index (κ3) is 4.95.